The first-order valence-electron chi connectivity index (χ1n) is 7.56. The van der Waals surface area contributed by atoms with Crippen LogP contribution >= 0.6 is 11.6 Å². The zero-order valence-corrected chi connectivity index (χ0v) is 14.8. The molecule has 26 heavy (non-hydrogen) atoms. The number of aryl methyl sites for hydroxylation is 1. The summed E-state index contributed by atoms with van der Waals surface area (Å²) in [5, 5.41) is 0.371. The minimum absolute atomic E-state index is 0.0230. The molecule has 0 saturated heterocycles. The van der Waals surface area contributed by atoms with Crippen molar-refractivity contribution in [3.8, 4) is 11.5 Å². The highest BCUT2D eigenvalue weighted by Gasteiger charge is 2.18. The Balaban J connectivity index is 1.69. The van der Waals surface area contributed by atoms with Crippen molar-refractivity contribution in [1.29, 1.82) is 0 Å². The zero-order chi connectivity index (χ0) is 18.8. The van der Waals surface area contributed by atoms with E-state index in [1.54, 1.807) is 12.1 Å². The third kappa shape index (κ3) is 3.50. The maximum Gasteiger partial charge on any atom is 0.331 e. The van der Waals surface area contributed by atoms with E-state index in [9.17, 15) is 14.4 Å². The Morgan fingerprint density at radius 1 is 1.31 bits per heavy atom. The van der Waals surface area contributed by atoms with Gasteiger partial charge in [0.05, 0.1) is 10.6 Å². The number of hydrogen-bond acceptors (Lipinski definition) is 6. The van der Waals surface area contributed by atoms with Crippen molar-refractivity contribution >= 4 is 23.6 Å². The van der Waals surface area contributed by atoms with Gasteiger partial charge in [0, 0.05) is 26.4 Å². The van der Waals surface area contributed by atoms with Gasteiger partial charge in [0.15, 0.2) is 11.5 Å². The molecule has 1 aliphatic rings. The third-order valence-corrected chi connectivity index (χ3v) is 4.02. The van der Waals surface area contributed by atoms with E-state index < -0.39 is 17.2 Å². The predicted molar refractivity (Wildman–Crippen MR) is 93.3 cm³/mol. The number of aromatic nitrogens is 2. The van der Waals surface area contributed by atoms with Crippen LogP contribution in [0.25, 0.3) is 6.08 Å². The molecule has 0 atom stereocenters. The van der Waals surface area contributed by atoms with Gasteiger partial charge in [-0.2, -0.15) is 0 Å². The van der Waals surface area contributed by atoms with Crippen LogP contribution in [-0.4, -0.2) is 21.9 Å². The van der Waals surface area contributed by atoms with E-state index in [1.807, 2.05) is 0 Å². The fourth-order valence-electron chi connectivity index (χ4n) is 2.42. The molecule has 1 aromatic heterocycles. The number of rotatable bonds is 4. The van der Waals surface area contributed by atoms with Gasteiger partial charge in [0.1, 0.15) is 6.61 Å². The number of fused-ring (bicyclic) bond motifs is 1. The monoisotopic (exact) mass is 378 g/mol. The molecule has 136 valence electrons. The van der Waals surface area contributed by atoms with E-state index in [2.05, 4.69) is 0 Å². The molecule has 2 aromatic rings. The fraction of sp³-hybridized carbons (Fsp3) is 0.235. The van der Waals surface area contributed by atoms with Crippen molar-refractivity contribution in [2.45, 2.75) is 6.61 Å². The van der Waals surface area contributed by atoms with E-state index in [1.165, 1.54) is 30.9 Å². The number of hydrogen-bond donors (Lipinski definition) is 0. The van der Waals surface area contributed by atoms with Crippen LogP contribution in [0.5, 0.6) is 11.5 Å². The van der Waals surface area contributed by atoms with Crippen molar-refractivity contribution in [2.24, 2.45) is 14.1 Å². The minimum atomic E-state index is -0.644. The van der Waals surface area contributed by atoms with Gasteiger partial charge in [-0.05, 0) is 23.8 Å². The van der Waals surface area contributed by atoms with Gasteiger partial charge in [-0.1, -0.05) is 11.6 Å². The Hall–Kier alpha value is -3.00. The van der Waals surface area contributed by atoms with Crippen molar-refractivity contribution in [3.05, 3.63) is 61.4 Å². The predicted octanol–water partition coefficient (Wildman–Crippen LogP) is 1.22. The van der Waals surface area contributed by atoms with E-state index in [4.69, 9.17) is 25.8 Å². The maximum absolute atomic E-state index is 12.0. The van der Waals surface area contributed by atoms with E-state index in [0.717, 1.165) is 10.6 Å². The second-order valence-corrected chi connectivity index (χ2v) is 6.00. The topological polar surface area (TPSA) is 88.8 Å². The second kappa shape index (κ2) is 7.09. The average molecular weight is 379 g/mol. The number of benzene rings is 1. The molecule has 0 fully saturated rings. The highest BCUT2D eigenvalue weighted by molar-refractivity contribution is 6.32. The Kier molecular flexibility index (Phi) is 4.85. The SMILES string of the molecule is Cn1cc(/C=C/C(=O)OCc2cc(Cl)c3c(c2)OCO3)c(=O)n(C)c1=O. The highest BCUT2D eigenvalue weighted by Crippen LogP contribution is 2.39. The lowest BCUT2D eigenvalue weighted by atomic mass is 10.2. The summed E-state index contributed by atoms with van der Waals surface area (Å²) in [6.07, 6.45) is 3.78. The van der Waals surface area contributed by atoms with Crippen molar-refractivity contribution in [2.75, 3.05) is 6.79 Å². The van der Waals surface area contributed by atoms with Crippen LogP contribution in [0.4, 0.5) is 0 Å². The highest BCUT2D eigenvalue weighted by atomic mass is 35.5. The van der Waals surface area contributed by atoms with Crippen LogP contribution in [0.3, 0.4) is 0 Å². The molecule has 0 bridgehead atoms. The summed E-state index contributed by atoms with van der Waals surface area (Å²) in [6, 6.07) is 3.29. The van der Waals surface area contributed by atoms with Gasteiger partial charge in [-0.15, -0.1) is 0 Å². The van der Waals surface area contributed by atoms with Crippen molar-refractivity contribution in [3.63, 3.8) is 0 Å². The van der Waals surface area contributed by atoms with Gasteiger partial charge in [0.2, 0.25) is 6.79 Å². The first-order chi connectivity index (χ1) is 12.4. The summed E-state index contributed by atoms with van der Waals surface area (Å²) in [5.41, 5.74) is -0.120. The standard InChI is InChI=1S/C17H15ClN2O6/c1-19-7-11(16(22)20(2)17(19)23)3-4-14(21)24-8-10-5-12(18)15-13(6-10)25-9-26-15/h3-7H,8-9H2,1-2H3/b4-3+. The molecule has 0 radical (unpaired) electrons. The van der Waals surface area contributed by atoms with Crippen LogP contribution < -0.4 is 20.7 Å². The lowest BCUT2D eigenvalue weighted by Gasteiger charge is -2.06. The number of nitrogens with zero attached hydrogens (tertiary/aromatic N) is 2. The van der Waals surface area contributed by atoms with Gasteiger partial charge in [-0.25, -0.2) is 9.59 Å². The number of ether oxygens (including phenoxy) is 3. The number of carbonyl (C=O) groups excluding carboxylic acids is 1. The summed E-state index contributed by atoms with van der Waals surface area (Å²) in [7, 11) is 2.88. The van der Waals surface area contributed by atoms with E-state index in [0.29, 0.717) is 22.1 Å². The third-order valence-electron chi connectivity index (χ3n) is 3.74. The van der Waals surface area contributed by atoms with E-state index >= 15 is 0 Å². The molecular formula is C17H15ClN2O6. The Bertz CT molecular complexity index is 1020. The van der Waals surface area contributed by atoms with Crippen LogP contribution in [0.15, 0.2) is 34.0 Å². The van der Waals surface area contributed by atoms with Gasteiger partial charge in [-0.3, -0.25) is 9.36 Å². The molecule has 0 amide bonds. The Labute approximate surface area is 152 Å². The van der Waals surface area contributed by atoms with Crippen LogP contribution in [0, 0.1) is 0 Å². The Morgan fingerprint density at radius 2 is 2.08 bits per heavy atom. The average Bonchev–Trinajstić information content (AvgIpc) is 3.09. The van der Waals surface area contributed by atoms with Crippen LogP contribution in [-0.2, 0) is 30.2 Å². The summed E-state index contributed by atoms with van der Waals surface area (Å²) in [6.45, 7) is 0.0698. The van der Waals surface area contributed by atoms with Gasteiger partial charge < -0.3 is 18.8 Å². The van der Waals surface area contributed by atoms with Gasteiger partial charge in [0.25, 0.3) is 5.56 Å². The molecule has 0 N–H and O–H groups in total. The summed E-state index contributed by atoms with van der Waals surface area (Å²) >= 11 is 6.07. The maximum atomic E-state index is 12.0. The molecule has 9 heteroatoms. The summed E-state index contributed by atoms with van der Waals surface area (Å²) in [4.78, 5) is 35.5. The number of esters is 1. The molecule has 0 saturated carbocycles. The van der Waals surface area contributed by atoms with Crippen LogP contribution in [0.2, 0.25) is 5.02 Å². The van der Waals surface area contributed by atoms with E-state index in [-0.39, 0.29) is 19.0 Å². The lowest BCUT2D eigenvalue weighted by molar-refractivity contribution is -0.138. The molecule has 2 heterocycles. The smallest absolute Gasteiger partial charge is 0.331 e. The molecule has 8 nitrogen and oxygen atoms in total. The Morgan fingerprint density at radius 3 is 2.85 bits per heavy atom. The quantitative estimate of drug-likeness (QED) is 0.587. The normalized spacial score (nSPS) is 12.6. The first kappa shape index (κ1) is 17.8. The molecule has 1 aliphatic heterocycles. The molecule has 0 unspecified atom stereocenters. The fourth-order valence-corrected chi connectivity index (χ4v) is 2.70. The summed E-state index contributed by atoms with van der Waals surface area (Å²) < 4.78 is 17.8. The van der Waals surface area contributed by atoms with Gasteiger partial charge >= 0.3 is 11.7 Å². The molecule has 0 aliphatic carbocycles. The minimum Gasteiger partial charge on any atom is -0.458 e. The van der Waals surface area contributed by atoms with Crippen LogP contribution in [0.1, 0.15) is 11.1 Å². The molecule has 1 aromatic carbocycles. The summed E-state index contributed by atoms with van der Waals surface area (Å²) in [5.74, 6) is 0.314. The number of carbonyl (C=O) groups is 1. The largest absolute Gasteiger partial charge is 0.458 e. The molecule has 0 spiro atoms. The lowest BCUT2D eigenvalue weighted by Crippen LogP contribution is -2.37. The van der Waals surface area contributed by atoms with Crippen molar-refractivity contribution < 1.29 is 19.0 Å². The van der Waals surface area contributed by atoms with Crippen molar-refractivity contribution in [1.82, 2.24) is 9.13 Å². The number of halogens is 1. The molecule has 3 rings (SSSR count). The zero-order valence-electron chi connectivity index (χ0n) is 14.0. The second-order valence-electron chi connectivity index (χ2n) is 5.59. The molecular weight excluding hydrogens is 364 g/mol. The first-order valence-corrected chi connectivity index (χ1v) is 7.94.